The summed E-state index contributed by atoms with van der Waals surface area (Å²) in [7, 11) is 2.02. The molecule has 0 aliphatic heterocycles. The molecule has 0 bridgehead atoms. The number of aromatic nitrogens is 1. The van der Waals surface area contributed by atoms with E-state index in [1.165, 1.54) is 23.8 Å². The van der Waals surface area contributed by atoms with Gasteiger partial charge in [-0.05, 0) is 19.0 Å². The Morgan fingerprint density at radius 2 is 2.14 bits per heavy atom. The van der Waals surface area contributed by atoms with Crippen molar-refractivity contribution >= 4 is 22.4 Å². The van der Waals surface area contributed by atoms with Gasteiger partial charge in [0.15, 0.2) is 5.13 Å². The summed E-state index contributed by atoms with van der Waals surface area (Å²) in [6.07, 6.45) is 0.670. The van der Waals surface area contributed by atoms with Gasteiger partial charge in [-0.3, -0.25) is 9.69 Å². The fraction of sp³-hybridized carbons (Fsp3) is 0.375. The lowest BCUT2D eigenvalue weighted by Gasteiger charge is -2.27. The predicted octanol–water partition coefficient (Wildman–Crippen LogP) is 2.66. The molecule has 1 amide bonds. The molecule has 0 fully saturated rings. The first-order chi connectivity index (χ1) is 10.6. The van der Waals surface area contributed by atoms with Crippen molar-refractivity contribution in [2.24, 2.45) is 0 Å². The number of carbonyl (C=O) groups is 1. The monoisotopic (exact) mass is 319 g/mol. The number of aliphatic hydroxyl groups is 1. The van der Waals surface area contributed by atoms with Crippen molar-refractivity contribution in [3.05, 3.63) is 47.0 Å². The molecule has 1 atom stereocenters. The summed E-state index contributed by atoms with van der Waals surface area (Å²) in [5.41, 5.74) is 2.09. The van der Waals surface area contributed by atoms with Gasteiger partial charge in [0.1, 0.15) is 0 Å². The largest absolute Gasteiger partial charge is 0.396 e. The standard InChI is InChI=1S/C16H21N3O2S/c1-12(21)17-16-18-14(11-22-16)10-19(2)15(8-9-20)13-6-4-3-5-7-13/h3-7,11,15,20H,8-10H2,1-2H3,(H,17,18,21). The van der Waals surface area contributed by atoms with E-state index in [4.69, 9.17) is 0 Å². The second-order valence-corrected chi connectivity index (χ2v) is 6.04. The normalized spacial score (nSPS) is 12.4. The van der Waals surface area contributed by atoms with Crippen LogP contribution in [0.25, 0.3) is 0 Å². The Morgan fingerprint density at radius 3 is 2.77 bits per heavy atom. The molecule has 118 valence electrons. The lowest BCUT2D eigenvalue weighted by atomic mass is 10.0. The zero-order chi connectivity index (χ0) is 15.9. The van der Waals surface area contributed by atoms with Crippen LogP contribution in [0.1, 0.15) is 30.6 Å². The highest BCUT2D eigenvalue weighted by molar-refractivity contribution is 7.13. The molecule has 1 heterocycles. The SMILES string of the molecule is CC(=O)Nc1nc(CN(C)C(CCO)c2ccccc2)cs1. The molecule has 0 saturated carbocycles. The van der Waals surface area contributed by atoms with Crippen molar-refractivity contribution in [2.75, 3.05) is 19.0 Å². The number of amides is 1. The number of nitrogens with one attached hydrogen (secondary N) is 1. The molecule has 0 aliphatic carbocycles. The van der Waals surface area contributed by atoms with Crippen LogP contribution in [0.4, 0.5) is 5.13 Å². The van der Waals surface area contributed by atoms with Crippen LogP contribution in [-0.4, -0.2) is 34.6 Å². The van der Waals surface area contributed by atoms with E-state index in [0.29, 0.717) is 18.1 Å². The van der Waals surface area contributed by atoms with Gasteiger partial charge < -0.3 is 10.4 Å². The molecule has 1 aromatic carbocycles. The van der Waals surface area contributed by atoms with Crippen molar-refractivity contribution in [3.8, 4) is 0 Å². The molecule has 0 spiro atoms. The minimum Gasteiger partial charge on any atom is -0.396 e. The van der Waals surface area contributed by atoms with Gasteiger partial charge in [-0.2, -0.15) is 0 Å². The van der Waals surface area contributed by atoms with Gasteiger partial charge in [0, 0.05) is 31.5 Å². The zero-order valence-corrected chi connectivity index (χ0v) is 13.6. The molecule has 0 aliphatic rings. The molecule has 0 saturated heterocycles. The minimum absolute atomic E-state index is 0.114. The smallest absolute Gasteiger partial charge is 0.223 e. The Hall–Kier alpha value is -1.76. The maximum atomic E-state index is 11.0. The average Bonchev–Trinajstić information content (AvgIpc) is 2.91. The molecule has 2 rings (SSSR count). The number of nitrogens with zero attached hydrogens (tertiary/aromatic N) is 2. The Bertz CT molecular complexity index is 600. The van der Waals surface area contributed by atoms with Crippen molar-refractivity contribution in [2.45, 2.75) is 25.9 Å². The third-order valence-electron chi connectivity index (χ3n) is 3.37. The fourth-order valence-electron chi connectivity index (χ4n) is 2.39. The van der Waals surface area contributed by atoms with E-state index >= 15 is 0 Å². The molecular weight excluding hydrogens is 298 g/mol. The van der Waals surface area contributed by atoms with Crippen LogP contribution in [0, 0.1) is 0 Å². The Kier molecular flexibility index (Phi) is 6.06. The van der Waals surface area contributed by atoms with E-state index in [1.807, 2.05) is 30.6 Å². The first kappa shape index (κ1) is 16.6. The van der Waals surface area contributed by atoms with Crippen LogP contribution < -0.4 is 5.32 Å². The summed E-state index contributed by atoms with van der Waals surface area (Å²) in [5, 5.41) is 14.6. The van der Waals surface area contributed by atoms with Crippen LogP contribution >= 0.6 is 11.3 Å². The highest BCUT2D eigenvalue weighted by Gasteiger charge is 2.17. The number of rotatable bonds is 7. The summed E-state index contributed by atoms with van der Waals surface area (Å²) in [6, 6.07) is 10.3. The average molecular weight is 319 g/mol. The summed E-state index contributed by atoms with van der Waals surface area (Å²) < 4.78 is 0. The fourth-order valence-corrected chi connectivity index (χ4v) is 3.14. The van der Waals surface area contributed by atoms with Crippen molar-refractivity contribution in [1.29, 1.82) is 0 Å². The van der Waals surface area contributed by atoms with E-state index in [9.17, 15) is 9.90 Å². The molecule has 22 heavy (non-hydrogen) atoms. The molecule has 2 aromatic rings. The number of hydrogen-bond acceptors (Lipinski definition) is 5. The summed E-state index contributed by atoms with van der Waals surface area (Å²) in [4.78, 5) is 17.6. The first-order valence-corrected chi connectivity index (χ1v) is 8.06. The highest BCUT2D eigenvalue weighted by atomic mass is 32.1. The van der Waals surface area contributed by atoms with Gasteiger partial charge in [-0.1, -0.05) is 30.3 Å². The molecule has 0 radical (unpaired) electrons. The Morgan fingerprint density at radius 1 is 1.41 bits per heavy atom. The third-order valence-corrected chi connectivity index (χ3v) is 4.17. The van der Waals surface area contributed by atoms with Crippen molar-refractivity contribution in [3.63, 3.8) is 0 Å². The maximum absolute atomic E-state index is 11.0. The molecule has 2 N–H and O–H groups in total. The summed E-state index contributed by atoms with van der Waals surface area (Å²) in [5.74, 6) is -0.114. The lowest BCUT2D eigenvalue weighted by Crippen LogP contribution is -2.25. The van der Waals surface area contributed by atoms with Gasteiger partial charge >= 0.3 is 0 Å². The number of aliphatic hydroxyl groups excluding tert-OH is 1. The van der Waals surface area contributed by atoms with Crippen molar-refractivity contribution < 1.29 is 9.90 Å². The van der Waals surface area contributed by atoms with Crippen LogP contribution in [-0.2, 0) is 11.3 Å². The van der Waals surface area contributed by atoms with Crippen LogP contribution in [0.15, 0.2) is 35.7 Å². The van der Waals surface area contributed by atoms with Crippen molar-refractivity contribution in [1.82, 2.24) is 9.88 Å². The van der Waals surface area contributed by atoms with E-state index in [2.05, 4.69) is 27.3 Å². The van der Waals surface area contributed by atoms with Gasteiger partial charge in [0.05, 0.1) is 5.69 Å². The molecule has 1 aromatic heterocycles. The number of thiazole rings is 1. The van der Waals surface area contributed by atoms with Gasteiger partial charge in [-0.25, -0.2) is 4.98 Å². The molecule has 5 nitrogen and oxygen atoms in total. The van der Waals surface area contributed by atoms with E-state index in [-0.39, 0.29) is 18.6 Å². The number of carbonyl (C=O) groups excluding carboxylic acids is 1. The van der Waals surface area contributed by atoms with E-state index in [0.717, 1.165) is 5.69 Å². The van der Waals surface area contributed by atoms with Gasteiger partial charge in [0.2, 0.25) is 5.91 Å². The molecule has 6 heteroatoms. The third kappa shape index (κ3) is 4.62. The lowest BCUT2D eigenvalue weighted by molar-refractivity contribution is -0.114. The summed E-state index contributed by atoms with van der Waals surface area (Å²) >= 11 is 1.42. The predicted molar refractivity (Wildman–Crippen MR) is 88.8 cm³/mol. The Labute approximate surface area is 134 Å². The van der Waals surface area contributed by atoms with Gasteiger partial charge in [0.25, 0.3) is 0 Å². The van der Waals surface area contributed by atoms with E-state index < -0.39 is 0 Å². The minimum atomic E-state index is -0.114. The van der Waals surface area contributed by atoms with Gasteiger partial charge in [-0.15, -0.1) is 11.3 Å². The quantitative estimate of drug-likeness (QED) is 0.823. The second-order valence-electron chi connectivity index (χ2n) is 5.18. The van der Waals surface area contributed by atoms with Crippen LogP contribution in [0.3, 0.4) is 0 Å². The maximum Gasteiger partial charge on any atom is 0.223 e. The summed E-state index contributed by atoms with van der Waals surface area (Å²) in [6.45, 7) is 2.27. The number of anilines is 1. The number of hydrogen-bond donors (Lipinski definition) is 2. The Balaban J connectivity index is 2.06. The highest BCUT2D eigenvalue weighted by Crippen LogP contribution is 2.25. The zero-order valence-electron chi connectivity index (χ0n) is 12.8. The topological polar surface area (TPSA) is 65.5 Å². The first-order valence-electron chi connectivity index (χ1n) is 7.18. The second kappa shape index (κ2) is 8.03. The van der Waals surface area contributed by atoms with Crippen LogP contribution in [0.5, 0.6) is 0 Å². The van der Waals surface area contributed by atoms with E-state index in [1.54, 1.807) is 0 Å². The van der Waals surface area contributed by atoms with Crippen LogP contribution in [0.2, 0.25) is 0 Å². The molecular formula is C16H21N3O2S. The molecule has 1 unspecified atom stereocenters. The number of benzene rings is 1.